The number of hydrogen-bond acceptors (Lipinski definition) is 3. The molecule has 0 atom stereocenters. The van der Waals surface area contributed by atoms with Gasteiger partial charge >= 0.3 is 6.09 Å². The quantitative estimate of drug-likeness (QED) is 0.400. The molecule has 1 aliphatic rings. The third-order valence-corrected chi connectivity index (χ3v) is 5.99. The molecule has 0 aliphatic heterocycles. The number of nitrogens with two attached hydrogens (primary N) is 1. The first-order chi connectivity index (χ1) is 14.8. The van der Waals surface area contributed by atoms with Gasteiger partial charge in [0.05, 0.1) is 0 Å². The van der Waals surface area contributed by atoms with Crippen LogP contribution < -0.4 is 11.1 Å². The van der Waals surface area contributed by atoms with Crippen molar-refractivity contribution in [2.75, 3.05) is 19.7 Å². The molecule has 0 saturated heterocycles. The third kappa shape index (κ3) is 6.33. The van der Waals surface area contributed by atoms with Crippen LogP contribution >= 0.6 is 0 Å². The molecule has 2 aromatic rings. The van der Waals surface area contributed by atoms with E-state index in [1.54, 1.807) is 0 Å². The van der Waals surface area contributed by atoms with Crippen LogP contribution in [-0.2, 0) is 4.74 Å². The summed E-state index contributed by atoms with van der Waals surface area (Å²) in [5.41, 5.74) is 10.5. The summed E-state index contributed by atoms with van der Waals surface area (Å²) < 4.78 is 5.57. The summed E-state index contributed by atoms with van der Waals surface area (Å²) in [4.78, 5) is 12.1. The van der Waals surface area contributed by atoms with Crippen LogP contribution in [0.25, 0.3) is 11.1 Å². The van der Waals surface area contributed by atoms with Crippen molar-refractivity contribution in [3.8, 4) is 11.1 Å². The van der Waals surface area contributed by atoms with Crippen LogP contribution in [0.2, 0.25) is 0 Å². The van der Waals surface area contributed by atoms with E-state index in [0.29, 0.717) is 13.2 Å². The van der Waals surface area contributed by atoms with Crippen molar-refractivity contribution in [1.82, 2.24) is 5.32 Å². The second-order valence-electron chi connectivity index (χ2n) is 8.22. The van der Waals surface area contributed by atoms with Crippen molar-refractivity contribution in [1.29, 1.82) is 0 Å². The molecule has 0 spiro atoms. The molecule has 0 heterocycles. The van der Waals surface area contributed by atoms with E-state index < -0.39 is 0 Å². The third-order valence-electron chi connectivity index (χ3n) is 5.99. The lowest BCUT2D eigenvalue weighted by Gasteiger charge is -2.14. The second-order valence-corrected chi connectivity index (χ2v) is 8.22. The first kappa shape index (κ1) is 22.4. The highest BCUT2D eigenvalue weighted by atomic mass is 16.5. The molecule has 162 valence electrons. The SMILES string of the molecule is NCCCCCCCCCCCNC(=O)OCC1c2ccccc2-c2ccccc21. The van der Waals surface area contributed by atoms with Gasteiger partial charge in [-0.3, -0.25) is 0 Å². The van der Waals surface area contributed by atoms with Crippen LogP contribution in [0.3, 0.4) is 0 Å². The van der Waals surface area contributed by atoms with E-state index in [1.807, 2.05) is 0 Å². The molecule has 0 radical (unpaired) electrons. The predicted octanol–water partition coefficient (Wildman–Crippen LogP) is 5.99. The maximum Gasteiger partial charge on any atom is 0.407 e. The van der Waals surface area contributed by atoms with Crippen LogP contribution in [0.4, 0.5) is 4.79 Å². The van der Waals surface area contributed by atoms with E-state index in [0.717, 1.165) is 25.8 Å². The number of unbranched alkanes of at least 4 members (excludes halogenated alkanes) is 8. The summed E-state index contributed by atoms with van der Waals surface area (Å²) in [7, 11) is 0. The topological polar surface area (TPSA) is 64.3 Å². The zero-order chi connectivity index (χ0) is 21.0. The van der Waals surface area contributed by atoms with Gasteiger partial charge in [-0.1, -0.05) is 93.5 Å². The summed E-state index contributed by atoms with van der Waals surface area (Å²) in [5, 5.41) is 2.91. The molecule has 4 nitrogen and oxygen atoms in total. The molecule has 0 unspecified atom stereocenters. The minimum absolute atomic E-state index is 0.119. The van der Waals surface area contributed by atoms with Crippen molar-refractivity contribution in [3.05, 3.63) is 59.7 Å². The summed E-state index contributed by atoms with van der Waals surface area (Å²) in [6, 6.07) is 16.8. The molecule has 30 heavy (non-hydrogen) atoms. The Morgan fingerprint density at radius 2 is 1.27 bits per heavy atom. The Bertz CT molecular complexity index is 745. The van der Waals surface area contributed by atoms with Gasteiger partial charge in [-0.25, -0.2) is 4.79 Å². The van der Waals surface area contributed by atoms with Crippen LogP contribution in [-0.4, -0.2) is 25.8 Å². The lowest BCUT2D eigenvalue weighted by atomic mass is 9.98. The highest BCUT2D eigenvalue weighted by molar-refractivity contribution is 5.79. The van der Waals surface area contributed by atoms with Gasteiger partial charge in [0.1, 0.15) is 6.61 Å². The van der Waals surface area contributed by atoms with Gasteiger partial charge in [-0.2, -0.15) is 0 Å². The Labute approximate surface area is 181 Å². The number of carbonyl (C=O) groups excluding carboxylic acids is 1. The zero-order valence-electron chi connectivity index (χ0n) is 18.1. The zero-order valence-corrected chi connectivity index (χ0v) is 18.1. The van der Waals surface area contributed by atoms with Crippen molar-refractivity contribution in [2.45, 2.75) is 63.7 Å². The highest BCUT2D eigenvalue weighted by Gasteiger charge is 2.28. The van der Waals surface area contributed by atoms with Gasteiger partial charge in [-0.05, 0) is 41.6 Å². The van der Waals surface area contributed by atoms with Crippen LogP contribution in [0.1, 0.15) is 74.8 Å². The van der Waals surface area contributed by atoms with E-state index in [-0.39, 0.29) is 12.0 Å². The molecule has 1 amide bonds. The highest BCUT2D eigenvalue weighted by Crippen LogP contribution is 2.44. The Balaban J connectivity index is 1.30. The van der Waals surface area contributed by atoms with E-state index in [2.05, 4.69) is 53.8 Å². The van der Waals surface area contributed by atoms with E-state index in [4.69, 9.17) is 10.5 Å². The molecular formula is C26H36N2O2. The number of ether oxygens (including phenoxy) is 1. The molecular weight excluding hydrogens is 372 g/mol. The molecule has 2 aromatic carbocycles. The Kier molecular flexibility index (Phi) is 9.23. The van der Waals surface area contributed by atoms with Crippen LogP contribution in [0.15, 0.2) is 48.5 Å². The minimum Gasteiger partial charge on any atom is -0.449 e. The molecule has 0 aromatic heterocycles. The fraction of sp³-hybridized carbons (Fsp3) is 0.500. The fourth-order valence-electron chi connectivity index (χ4n) is 4.35. The lowest BCUT2D eigenvalue weighted by Crippen LogP contribution is -2.27. The number of hydrogen-bond donors (Lipinski definition) is 2. The average molecular weight is 409 g/mol. The van der Waals surface area contributed by atoms with Gasteiger partial charge in [0.25, 0.3) is 0 Å². The standard InChI is InChI=1S/C26H36N2O2/c27-18-12-6-4-2-1-3-5-7-13-19-28-26(29)30-20-25-23-16-10-8-14-21(23)22-15-9-11-17-24(22)25/h8-11,14-17,25H,1-7,12-13,18-20,27H2,(H,28,29). The van der Waals surface area contributed by atoms with Gasteiger partial charge in [-0.15, -0.1) is 0 Å². The number of nitrogens with one attached hydrogen (secondary N) is 1. The van der Waals surface area contributed by atoms with Gasteiger partial charge < -0.3 is 15.8 Å². The van der Waals surface area contributed by atoms with Gasteiger partial charge in [0.2, 0.25) is 0 Å². The Hall–Kier alpha value is -2.33. The van der Waals surface area contributed by atoms with Gasteiger partial charge in [0, 0.05) is 12.5 Å². The van der Waals surface area contributed by atoms with Crippen molar-refractivity contribution >= 4 is 6.09 Å². The first-order valence-electron chi connectivity index (χ1n) is 11.6. The lowest BCUT2D eigenvalue weighted by molar-refractivity contribution is 0.143. The fourth-order valence-corrected chi connectivity index (χ4v) is 4.35. The molecule has 0 fully saturated rings. The molecule has 0 saturated carbocycles. The number of alkyl carbamates (subject to hydrolysis) is 1. The monoisotopic (exact) mass is 408 g/mol. The van der Waals surface area contributed by atoms with Crippen molar-refractivity contribution in [2.24, 2.45) is 5.73 Å². The molecule has 0 bridgehead atoms. The number of fused-ring (bicyclic) bond motifs is 3. The van der Waals surface area contributed by atoms with Crippen LogP contribution in [0.5, 0.6) is 0 Å². The molecule has 1 aliphatic carbocycles. The number of amides is 1. The molecule has 3 rings (SSSR count). The first-order valence-corrected chi connectivity index (χ1v) is 11.6. The van der Waals surface area contributed by atoms with Crippen LogP contribution in [0, 0.1) is 0 Å². The smallest absolute Gasteiger partial charge is 0.407 e. The Morgan fingerprint density at radius 3 is 1.83 bits per heavy atom. The van der Waals surface area contributed by atoms with Gasteiger partial charge in [0.15, 0.2) is 0 Å². The summed E-state index contributed by atoms with van der Waals surface area (Å²) in [5.74, 6) is 0.119. The minimum atomic E-state index is -0.309. The maximum absolute atomic E-state index is 12.1. The number of rotatable bonds is 13. The average Bonchev–Trinajstić information content (AvgIpc) is 3.10. The van der Waals surface area contributed by atoms with Crippen molar-refractivity contribution < 1.29 is 9.53 Å². The second kappa shape index (κ2) is 12.4. The Morgan fingerprint density at radius 1 is 0.767 bits per heavy atom. The molecule has 4 heteroatoms. The number of carbonyl (C=O) groups is 1. The van der Waals surface area contributed by atoms with E-state index in [1.165, 1.54) is 60.8 Å². The molecule has 3 N–H and O–H groups in total. The number of benzene rings is 2. The summed E-state index contributed by atoms with van der Waals surface area (Å²) >= 11 is 0. The summed E-state index contributed by atoms with van der Waals surface area (Å²) in [6.07, 6.45) is 10.7. The summed E-state index contributed by atoms with van der Waals surface area (Å²) in [6.45, 7) is 1.88. The largest absolute Gasteiger partial charge is 0.449 e. The van der Waals surface area contributed by atoms with E-state index >= 15 is 0 Å². The van der Waals surface area contributed by atoms with E-state index in [9.17, 15) is 4.79 Å². The normalized spacial score (nSPS) is 12.4. The maximum atomic E-state index is 12.1. The van der Waals surface area contributed by atoms with Crippen molar-refractivity contribution in [3.63, 3.8) is 0 Å². The predicted molar refractivity (Wildman–Crippen MR) is 124 cm³/mol.